The smallest absolute Gasteiger partial charge is 0.243 e. The lowest BCUT2D eigenvalue weighted by Crippen LogP contribution is -2.22. The largest absolute Gasteiger partial charge is 0.497 e. The number of hydrogen-bond donors (Lipinski definition) is 2. The first-order valence-electron chi connectivity index (χ1n) is 7.65. The zero-order valence-electron chi connectivity index (χ0n) is 14.1. The van der Waals surface area contributed by atoms with Crippen LogP contribution in [0, 0.1) is 0 Å². The summed E-state index contributed by atoms with van der Waals surface area (Å²) in [5.74, 6) is 1.72. The molecule has 6 nitrogen and oxygen atoms in total. The Balaban J connectivity index is 2.01. The summed E-state index contributed by atoms with van der Waals surface area (Å²) < 4.78 is 15.9. The van der Waals surface area contributed by atoms with Gasteiger partial charge in [0.2, 0.25) is 5.91 Å². The van der Waals surface area contributed by atoms with E-state index in [0.717, 1.165) is 5.69 Å². The number of anilines is 2. The van der Waals surface area contributed by atoms with Crippen molar-refractivity contribution in [1.82, 2.24) is 0 Å². The third kappa shape index (κ3) is 4.55. The fraction of sp³-hybridized carbons (Fsp3) is 0.278. The third-order valence-corrected chi connectivity index (χ3v) is 3.31. The van der Waals surface area contributed by atoms with Crippen molar-refractivity contribution >= 4 is 17.3 Å². The highest BCUT2D eigenvalue weighted by Crippen LogP contribution is 2.29. The molecular weight excluding hydrogens is 308 g/mol. The first kappa shape index (κ1) is 17.5. The van der Waals surface area contributed by atoms with Crippen molar-refractivity contribution in [1.29, 1.82) is 0 Å². The second kappa shape index (κ2) is 8.67. The number of para-hydroxylation sites is 2. The van der Waals surface area contributed by atoms with E-state index in [-0.39, 0.29) is 12.5 Å². The summed E-state index contributed by atoms with van der Waals surface area (Å²) in [6.07, 6.45) is 0. The van der Waals surface area contributed by atoms with Crippen LogP contribution in [0.2, 0.25) is 0 Å². The molecule has 1 amide bonds. The van der Waals surface area contributed by atoms with Crippen molar-refractivity contribution in [3.63, 3.8) is 0 Å². The lowest BCUT2D eigenvalue weighted by Gasteiger charge is -2.14. The molecule has 0 aliphatic heterocycles. The van der Waals surface area contributed by atoms with Gasteiger partial charge in [-0.15, -0.1) is 0 Å². The molecule has 0 saturated carbocycles. The first-order valence-corrected chi connectivity index (χ1v) is 7.65. The van der Waals surface area contributed by atoms with Gasteiger partial charge in [-0.25, -0.2) is 0 Å². The molecule has 24 heavy (non-hydrogen) atoms. The van der Waals surface area contributed by atoms with Gasteiger partial charge in [0.15, 0.2) is 0 Å². The Kier molecular flexibility index (Phi) is 6.31. The van der Waals surface area contributed by atoms with Crippen LogP contribution in [-0.4, -0.2) is 33.3 Å². The first-order chi connectivity index (χ1) is 11.7. The zero-order valence-corrected chi connectivity index (χ0v) is 14.1. The summed E-state index contributed by atoms with van der Waals surface area (Å²) in [6, 6.07) is 12.7. The van der Waals surface area contributed by atoms with Crippen LogP contribution in [0.4, 0.5) is 11.4 Å². The number of carbonyl (C=O) groups is 1. The molecule has 0 spiro atoms. The fourth-order valence-corrected chi connectivity index (χ4v) is 2.18. The quantitative estimate of drug-likeness (QED) is 0.778. The van der Waals surface area contributed by atoms with E-state index < -0.39 is 0 Å². The minimum atomic E-state index is -0.201. The number of methoxy groups -OCH3 is 2. The van der Waals surface area contributed by atoms with E-state index >= 15 is 0 Å². The van der Waals surface area contributed by atoms with Gasteiger partial charge < -0.3 is 24.8 Å². The number of amides is 1. The van der Waals surface area contributed by atoms with Crippen LogP contribution in [0.1, 0.15) is 6.92 Å². The van der Waals surface area contributed by atoms with E-state index in [9.17, 15) is 4.79 Å². The molecule has 0 aromatic heterocycles. The van der Waals surface area contributed by atoms with E-state index in [2.05, 4.69) is 10.6 Å². The molecule has 0 aliphatic rings. The Bertz CT molecular complexity index is 688. The van der Waals surface area contributed by atoms with Crippen LogP contribution >= 0.6 is 0 Å². The molecule has 0 bridgehead atoms. The minimum absolute atomic E-state index is 0.102. The Labute approximate surface area is 141 Å². The second-order valence-corrected chi connectivity index (χ2v) is 4.90. The fourth-order valence-electron chi connectivity index (χ4n) is 2.18. The summed E-state index contributed by atoms with van der Waals surface area (Å²) in [7, 11) is 3.12. The number of rotatable bonds is 8. The van der Waals surface area contributed by atoms with Crippen molar-refractivity contribution in [2.75, 3.05) is 38.0 Å². The maximum Gasteiger partial charge on any atom is 0.243 e. The lowest BCUT2D eigenvalue weighted by molar-refractivity contribution is -0.114. The number of ether oxygens (including phenoxy) is 3. The molecule has 2 aromatic rings. The standard InChI is InChI=1S/C18H22N2O4/c1-4-24-17-8-6-5-7-14(17)19-12-18(21)20-15-11-13(22-2)9-10-16(15)23-3/h5-11,19H,4,12H2,1-3H3,(H,20,21). The molecule has 2 N–H and O–H groups in total. The van der Waals surface area contributed by atoms with E-state index in [1.165, 1.54) is 0 Å². The van der Waals surface area contributed by atoms with Gasteiger partial charge in [-0.2, -0.15) is 0 Å². The monoisotopic (exact) mass is 330 g/mol. The van der Waals surface area contributed by atoms with Gasteiger partial charge in [-0.3, -0.25) is 4.79 Å². The van der Waals surface area contributed by atoms with Gasteiger partial charge in [0.25, 0.3) is 0 Å². The molecule has 0 heterocycles. The summed E-state index contributed by atoms with van der Waals surface area (Å²) in [4.78, 5) is 12.2. The third-order valence-electron chi connectivity index (χ3n) is 3.31. The van der Waals surface area contributed by atoms with E-state index in [0.29, 0.717) is 29.5 Å². The number of benzene rings is 2. The highest BCUT2D eigenvalue weighted by atomic mass is 16.5. The lowest BCUT2D eigenvalue weighted by atomic mass is 10.2. The highest BCUT2D eigenvalue weighted by Gasteiger charge is 2.10. The summed E-state index contributed by atoms with van der Waals surface area (Å²) in [6.45, 7) is 2.58. The van der Waals surface area contributed by atoms with Crippen LogP contribution in [-0.2, 0) is 4.79 Å². The molecule has 0 aliphatic carbocycles. The van der Waals surface area contributed by atoms with Gasteiger partial charge in [-0.05, 0) is 31.2 Å². The maximum absolute atomic E-state index is 12.2. The molecule has 0 saturated heterocycles. The Morgan fingerprint density at radius 1 is 1.00 bits per heavy atom. The molecule has 0 unspecified atom stereocenters. The topological polar surface area (TPSA) is 68.8 Å². The average molecular weight is 330 g/mol. The predicted octanol–water partition coefficient (Wildman–Crippen LogP) is 3.15. The molecule has 6 heteroatoms. The summed E-state index contributed by atoms with van der Waals surface area (Å²) in [5, 5.41) is 5.89. The van der Waals surface area contributed by atoms with Crippen LogP contribution in [0.5, 0.6) is 17.2 Å². The maximum atomic E-state index is 12.2. The molecular formula is C18H22N2O4. The number of nitrogens with one attached hydrogen (secondary N) is 2. The minimum Gasteiger partial charge on any atom is -0.497 e. The van der Waals surface area contributed by atoms with E-state index in [4.69, 9.17) is 14.2 Å². The average Bonchev–Trinajstić information content (AvgIpc) is 2.61. The Morgan fingerprint density at radius 2 is 1.79 bits per heavy atom. The van der Waals surface area contributed by atoms with Crippen molar-refractivity contribution in [2.24, 2.45) is 0 Å². The number of hydrogen-bond acceptors (Lipinski definition) is 5. The SMILES string of the molecule is CCOc1ccccc1NCC(=O)Nc1cc(OC)ccc1OC. The molecule has 0 radical (unpaired) electrons. The van der Waals surface area contributed by atoms with Crippen LogP contribution in [0.15, 0.2) is 42.5 Å². The summed E-state index contributed by atoms with van der Waals surface area (Å²) >= 11 is 0. The van der Waals surface area contributed by atoms with Gasteiger partial charge in [0, 0.05) is 6.07 Å². The van der Waals surface area contributed by atoms with Gasteiger partial charge in [-0.1, -0.05) is 12.1 Å². The second-order valence-electron chi connectivity index (χ2n) is 4.90. The Morgan fingerprint density at radius 3 is 2.50 bits per heavy atom. The highest BCUT2D eigenvalue weighted by molar-refractivity contribution is 5.95. The van der Waals surface area contributed by atoms with Gasteiger partial charge >= 0.3 is 0 Å². The van der Waals surface area contributed by atoms with Gasteiger partial charge in [0.1, 0.15) is 17.2 Å². The number of carbonyl (C=O) groups excluding carboxylic acids is 1. The molecule has 0 atom stereocenters. The van der Waals surface area contributed by atoms with Crippen molar-refractivity contribution in [3.8, 4) is 17.2 Å². The van der Waals surface area contributed by atoms with Crippen LogP contribution < -0.4 is 24.8 Å². The molecule has 2 rings (SSSR count). The van der Waals surface area contributed by atoms with Crippen molar-refractivity contribution < 1.29 is 19.0 Å². The zero-order chi connectivity index (χ0) is 17.4. The van der Waals surface area contributed by atoms with Crippen LogP contribution in [0.3, 0.4) is 0 Å². The predicted molar refractivity (Wildman–Crippen MR) is 94.3 cm³/mol. The van der Waals surface area contributed by atoms with Crippen molar-refractivity contribution in [3.05, 3.63) is 42.5 Å². The Hall–Kier alpha value is -2.89. The van der Waals surface area contributed by atoms with E-state index in [1.54, 1.807) is 32.4 Å². The van der Waals surface area contributed by atoms with Gasteiger partial charge in [0.05, 0.1) is 38.7 Å². The molecule has 2 aromatic carbocycles. The normalized spacial score (nSPS) is 9.96. The molecule has 128 valence electrons. The van der Waals surface area contributed by atoms with E-state index in [1.807, 2.05) is 31.2 Å². The van der Waals surface area contributed by atoms with Crippen LogP contribution in [0.25, 0.3) is 0 Å². The summed E-state index contributed by atoms with van der Waals surface area (Å²) in [5.41, 5.74) is 1.33. The van der Waals surface area contributed by atoms with Crippen molar-refractivity contribution in [2.45, 2.75) is 6.92 Å². The molecule has 0 fully saturated rings.